The van der Waals surface area contributed by atoms with Crippen LogP contribution in [0.15, 0.2) is 28.8 Å². The molecule has 2 aromatic rings. The van der Waals surface area contributed by atoms with E-state index in [1.165, 1.54) is 4.88 Å². The van der Waals surface area contributed by atoms with E-state index in [0.717, 1.165) is 63.0 Å². The molecule has 0 amide bonds. The fraction of sp³-hybridized carbons (Fsp3) is 0.588. The van der Waals surface area contributed by atoms with Crippen LogP contribution < -0.4 is 10.6 Å². The zero-order valence-electron chi connectivity index (χ0n) is 15.1. The van der Waals surface area contributed by atoms with Gasteiger partial charge in [0.2, 0.25) is 0 Å². The number of hydrogen-bond acceptors (Lipinski definition) is 5. The van der Waals surface area contributed by atoms with Crippen molar-refractivity contribution in [3.63, 3.8) is 0 Å². The van der Waals surface area contributed by atoms with E-state index in [9.17, 15) is 0 Å². The maximum Gasteiger partial charge on any atom is 0.191 e. The van der Waals surface area contributed by atoms with Crippen LogP contribution in [0.2, 0.25) is 0 Å². The molecule has 0 fully saturated rings. The van der Waals surface area contributed by atoms with Gasteiger partial charge in [0.25, 0.3) is 0 Å². The van der Waals surface area contributed by atoms with E-state index in [-0.39, 0.29) is 0 Å². The predicted molar refractivity (Wildman–Crippen MR) is 109 cm³/mol. The molecule has 0 bridgehead atoms. The third-order valence-electron chi connectivity index (χ3n) is 3.68. The average Bonchev–Trinajstić information content (AvgIpc) is 3.29. The first-order valence-corrected chi connectivity index (χ1v) is 11.0. The van der Waals surface area contributed by atoms with E-state index in [1.54, 1.807) is 17.7 Å². The number of hydrogen-bond donors (Lipinski definition) is 2. The molecule has 25 heavy (non-hydrogen) atoms. The molecule has 0 saturated heterocycles. The molecule has 0 spiro atoms. The molecular weight excluding hydrogens is 352 g/mol. The van der Waals surface area contributed by atoms with Crippen LogP contribution in [0.4, 0.5) is 0 Å². The Kier molecular flexibility index (Phi) is 9.43. The second-order valence-corrected chi connectivity index (χ2v) is 7.57. The highest BCUT2D eigenvalue weighted by molar-refractivity contribution is 7.98. The fourth-order valence-corrected chi connectivity index (χ4v) is 3.49. The molecule has 0 aliphatic carbocycles. The van der Waals surface area contributed by atoms with Gasteiger partial charge in [0.15, 0.2) is 5.96 Å². The van der Waals surface area contributed by atoms with Crippen molar-refractivity contribution < 1.29 is 0 Å². The Morgan fingerprint density at radius 1 is 1.36 bits per heavy atom. The zero-order chi connectivity index (χ0) is 17.7. The summed E-state index contributed by atoms with van der Waals surface area (Å²) in [6, 6.07) is 4.27. The van der Waals surface area contributed by atoms with Crippen LogP contribution >= 0.6 is 23.1 Å². The van der Waals surface area contributed by atoms with E-state index < -0.39 is 0 Å². The lowest BCUT2D eigenvalue weighted by molar-refractivity contribution is 0.631. The van der Waals surface area contributed by atoms with Crippen molar-refractivity contribution in [1.29, 1.82) is 0 Å². The zero-order valence-corrected chi connectivity index (χ0v) is 16.7. The Balaban J connectivity index is 1.78. The largest absolute Gasteiger partial charge is 0.356 e. The number of rotatable bonds is 11. The summed E-state index contributed by atoms with van der Waals surface area (Å²) < 4.78 is 2.09. The van der Waals surface area contributed by atoms with Crippen LogP contribution in [-0.4, -0.2) is 52.4 Å². The minimum Gasteiger partial charge on any atom is -0.356 e. The Bertz CT molecular complexity index is 608. The van der Waals surface area contributed by atoms with E-state index in [1.807, 2.05) is 11.8 Å². The molecular formula is C17H28N6S2. The molecule has 0 aromatic carbocycles. The van der Waals surface area contributed by atoms with Gasteiger partial charge in [-0.2, -0.15) is 11.8 Å². The van der Waals surface area contributed by atoms with E-state index in [2.05, 4.69) is 61.1 Å². The quantitative estimate of drug-likeness (QED) is 0.356. The molecule has 2 heterocycles. The molecule has 2 rings (SSSR count). The van der Waals surface area contributed by atoms with Crippen LogP contribution in [0.3, 0.4) is 0 Å². The number of nitrogens with zero attached hydrogens (tertiary/aromatic N) is 4. The molecule has 0 atom stereocenters. The van der Waals surface area contributed by atoms with Crippen LogP contribution in [-0.2, 0) is 19.4 Å². The molecule has 0 aliphatic rings. The monoisotopic (exact) mass is 380 g/mol. The first-order chi connectivity index (χ1) is 12.3. The van der Waals surface area contributed by atoms with Crippen molar-refractivity contribution in [3.8, 4) is 0 Å². The lowest BCUT2D eigenvalue weighted by atomic mass is 10.3. The number of guanidine groups is 1. The number of nitrogens with one attached hydrogen (secondary N) is 2. The summed E-state index contributed by atoms with van der Waals surface area (Å²) in [4.78, 5) is 6.08. The summed E-state index contributed by atoms with van der Waals surface area (Å²) in [5.74, 6) is 3.06. The van der Waals surface area contributed by atoms with Crippen molar-refractivity contribution in [1.82, 2.24) is 25.4 Å². The SMILES string of the molecule is CCc1nncn1CCNC(=NCCCSC)NCCc1cccs1. The normalized spacial score (nSPS) is 11.7. The third-order valence-corrected chi connectivity index (χ3v) is 5.31. The van der Waals surface area contributed by atoms with Gasteiger partial charge in [-0.25, -0.2) is 0 Å². The van der Waals surface area contributed by atoms with E-state index >= 15 is 0 Å². The van der Waals surface area contributed by atoms with Gasteiger partial charge in [0.05, 0.1) is 0 Å². The van der Waals surface area contributed by atoms with Gasteiger partial charge in [0.1, 0.15) is 12.2 Å². The van der Waals surface area contributed by atoms with Gasteiger partial charge in [0, 0.05) is 37.5 Å². The molecule has 6 nitrogen and oxygen atoms in total. The summed E-state index contributed by atoms with van der Waals surface area (Å²) in [6.07, 6.45) is 6.94. The maximum atomic E-state index is 4.69. The molecule has 2 N–H and O–H groups in total. The highest BCUT2D eigenvalue weighted by atomic mass is 32.2. The van der Waals surface area contributed by atoms with Crippen LogP contribution in [0.5, 0.6) is 0 Å². The smallest absolute Gasteiger partial charge is 0.191 e. The van der Waals surface area contributed by atoms with Gasteiger partial charge in [-0.1, -0.05) is 13.0 Å². The van der Waals surface area contributed by atoms with Gasteiger partial charge >= 0.3 is 0 Å². The van der Waals surface area contributed by atoms with Crippen molar-refractivity contribution in [3.05, 3.63) is 34.5 Å². The van der Waals surface area contributed by atoms with Crippen LogP contribution in [0.25, 0.3) is 0 Å². The van der Waals surface area contributed by atoms with E-state index in [0.29, 0.717) is 0 Å². The molecule has 0 saturated carbocycles. The van der Waals surface area contributed by atoms with Crippen molar-refractivity contribution >= 4 is 29.1 Å². The van der Waals surface area contributed by atoms with Crippen LogP contribution in [0.1, 0.15) is 24.0 Å². The average molecular weight is 381 g/mol. The second-order valence-electron chi connectivity index (χ2n) is 5.55. The van der Waals surface area contributed by atoms with Crippen molar-refractivity contribution in [2.75, 3.05) is 31.6 Å². The summed E-state index contributed by atoms with van der Waals surface area (Å²) >= 11 is 3.66. The minimum absolute atomic E-state index is 0.804. The van der Waals surface area contributed by atoms with Crippen LogP contribution in [0, 0.1) is 0 Å². The third kappa shape index (κ3) is 7.48. The number of aliphatic imine (C=N–C) groups is 1. The highest BCUT2D eigenvalue weighted by Crippen LogP contribution is 2.08. The Morgan fingerprint density at radius 2 is 2.24 bits per heavy atom. The lowest BCUT2D eigenvalue weighted by Crippen LogP contribution is -2.40. The number of aryl methyl sites for hydroxylation is 1. The van der Waals surface area contributed by atoms with Gasteiger partial charge < -0.3 is 15.2 Å². The number of aromatic nitrogens is 3. The number of thioether (sulfide) groups is 1. The van der Waals surface area contributed by atoms with Gasteiger partial charge in [-0.3, -0.25) is 4.99 Å². The van der Waals surface area contributed by atoms with Crippen molar-refractivity contribution in [2.45, 2.75) is 32.7 Å². The Labute approximate surface area is 158 Å². The standard InChI is InChI=1S/C17H28N6S2/c1-3-16-22-21-14-23(16)11-10-20-17(18-8-5-12-24-2)19-9-7-15-6-4-13-25-15/h4,6,13-14H,3,5,7-12H2,1-2H3,(H2,18,19,20). The first kappa shape index (κ1) is 19.8. The summed E-state index contributed by atoms with van der Waals surface area (Å²) in [5.41, 5.74) is 0. The summed E-state index contributed by atoms with van der Waals surface area (Å²) in [6.45, 7) is 5.48. The predicted octanol–water partition coefficient (Wildman–Crippen LogP) is 2.43. The number of thiophene rings is 1. The fourth-order valence-electron chi connectivity index (χ4n) is 2.37. The highest BCUT2D eigenvalue weighted by Gasteiger charge is 2.03. The first-order valence-electron chi connectivity index (χ1n) is 8.73. The molecule has 2 aromatic heterocycles. The minimum atomic E-state index is 0.804. The maximum absolute atomic E-state index is 4.69. The van der Waals surface area contributed by atoms with Crippen molar-refractivity contribution in [2.24, 2.45) is 4.99 Å². The molecule has 0 aliphatic heterocycles. The van der Waals surface area contributed by atoms with Gasteiger partial charge in [-0.05, 0) is 36.3 Å². The lowest BCUT2D eigenvalue weighted by Gasteiger charge is -2.13. The van der Waals surface area contributed by atoms with Gasteiger partial charge in [-0.15, -0.1) is 21.5 Å². The van der Waals surface area contributed by atoms with E-state index in [4.69, 9.17) is 0 Å². The Morgan fingerprint density at radius 3 is 3.00 bits per heavy atom. The summed E-state index contributed by atoms with van der Waals surface area (Å²) in [5, 5.41) is 17.1. The summed E-state index contributed by atoms with van der Waals surface area (Å²) in [7, 11) is 0. The molecule has 0 unspecified atom stereocenters. The molecule has 0 radical (unpaired) electrons. The topological polar surface area (TPSA) is 67.1 Å². The second kappa shape index (κ2) is 11.9. The molecule has 138 valence electrons. The Hall–Kier alpha value is -1.54. The molecule has 8 heteroatoms.